The average Bonchev–Trinajstić information content (AvgIpc) is 2.80. The van der Waals surface area contributed by atoms with Crippen LogP contribution in [0.15, 0.2) is 12.1 Å². The minimum Gasteiger partial charge on any atom is -0.493 e. The molecule has 0 spiro atoms. The number of rotatable bonds is 2. The van der Waals surface area contributed by atoms with Crippen LogP contribution in [0.4, 0.5) is 5.69 Å². The molecule has 3 nitrogen and oxygen atoms in total. The molecule has 120 valence electrons. The van der Waals surface area contributed by atoms with Crippen LogP contribution in [-0.2, 0) is 17.6 Å². The Balaban J connectivity index is 1.85. The Morgan fingerprint density at radius 3 is 2.82 bits per heavy atom. The quantitative estimate of drug-likeness (QED) is 0.889. The summed E-state index contributed by atoms with van der Waals surface area (Å²) < 4.78 is 6.13. The standard InChI is InChI=1S/C19H27NO2/c1-4-12(2)16-8-7-15-9-17-14(10-18(15)22-11-16)6-5-13(3)19(21)20-17/h9-10,12-13,16H,4-8,11H2,1-3H3,(H,20,21). The van der Waals surface area contributed by atoms with Gasteiger partial charge in [0.2, 0.25) is 5.91 Å². The lowest BCUT2D eigenvalue weighted by Gasteiger charge is -2.20. The summed E-state index contributed by atoms with van der Waals surface area (Å²) in [6.45, 7) is 7.39. The van der Waals surface area contributed by atoms with Gasteiger partial charge < -0.3 is 10.1 Å². The highest BCUT2D eigenvalue weighted by Crippen LogP contribution is 2.36. The zero-order chi connectivity index (χ0) is 15.7. The molecular formula is C19H27NO2. The Morgan fingerprint density at radius 2 is 2.05 bits per heavy atom. The molecule has 22 heavy (non-hydrogen) atoms. The molecule has 0 aromatic heterocycles. The van der Waals surface area contributed by atoms with Crippen LogP contribution >= 0.6 is 0 Å². The van der Waals surface area contributed by atoms with Crippen molar-refractivity contribution < 1.29 is 9.53 Å². The molecule has 3 rings (SSSR count). The van der Waals surface area contributed by atoms with E-state index in [1.165, 1.54) is 24.0 Å². The van der Waals surface area contributed by atoms with Gasteiger partial charge in [-0.3, -0.25) is 4.79 Å². The lowest BCUT2D eigenvalue weighted by Crippen LogP contribution is -2.18. The summed E-state index contributed by atoms with van der Waals surface area (Å²) in [4.78, 5) is 12.1. The maximum absolute atomic E-state index is 12.1. The van der Waals surface area contributed by atoms with E-state index >= 15 is 0 Å². The van der Waals surface area contributed by atoms with Crippen LogP contribution in [0.25, 0.3) is 0 Å². The molecule has 1 N–H and O–H groups in total. The van der Waals surface area contributed by atoms with Gasteiger partial charge in [0.25, 0.3) is 0 Å². The van der Waals surface area contributed by atoms with Crippen molar-refractivity contribution in [2.24, 2.45) is 17.8 Å². The minimum absolute atomic E-state index is 0.0860. The Morgan fingerprint density at radius 1 is 1.27 bits per heavy atom. The molecule has 1 aromatic carbocycles. The summed E-state index contributed by atoms with van der Waals surface area (Å²) >= 11 is 0. The van der Waals surface area contributed by atoms with E-state index in [9.17, 15) is 4.79 Å². The highest BCUT2D eigenvalue weighted by molar-refractivity contribution is 5.94. The van der Waals surface area contributed by atoms with Crippen molar-refractivity contribution in [3.63, 3.8) is 0 Å². The molecule has 0 bridgehead atoms. The largest absolute Gasteiger partial charge is 0.493 e. The van der Waals surface area contributed by atoms with Crippen molar-refractivity contribution >= 4 is 11.6 Å². The minimum atomic E-state index is 0.0860. The van der Waals surface area contributed by atoms with Gasteiger partial charge in [-0.2, -0.15) is 0 Å². The molecule has 0 saturated carbocycles. The SMILES string of the molecule is CCC(C)C1CCc2cc3c(cc2OC1)CCC(C)C(=O)N3. The third-order valence-electron chi connectivity index (χ3n) is 5.52. The van der Waals surface area contributed by atoms with Gasteiger partial charge in [-0.05, 0) is 60.8 Å². The van der Waals surface area contributed by atoms with E-state index in [-0.39, 0.29) is 11.8 Å². The van der Waals surface area contributed by atoms with Crippen LogP contribution in [0.3, 0.4) is 0 Å². The maximum atomic E-state index is 12.1. The second kappa shape index (κ2) is 6.31. The highest BCUT2D eigenvalue weighted by Gasteiger charge is 2.25. The molecule has 3 heteroatoms. The number of hydrogen-bond donors (Lipinski definition) is 1. The number of carbonyl (C=O) groups is 1. The molecule has 2 heterocycles. The highest BCUT2D eigenvalue weighted by atomic mass is 16.5. The molecule has 0 radical (unpaired) electrons. The average molecular weight is 301 g/mol. The monoisotopic (exact) mass is 301 g/mol. The normalized spacial score (nSPS) is 25.9. The first-order valence-electron chi connectivity index (χ1n) is 8.68. The van der Waals surface area contributed by atoms with Crippen LogP contribution in [-0.4, -0.2) is 12.5 Å². The van der Waals surface area contributed by atoms with Gasteiger partial charge in [-0.15, -0.1) is 0 Å². The van der Waals surface area contributed by atoms with E-state index in [1.807, 2.05) is 6.92 Å². The Bertz CT molecular complexity index is 567. The summed E-state index contributed by atoms with van der Waals surface area (Å²) in [5.41, 5.74) is 3.47. The molecule has 1 amide bonds. The lowest BCUT2D eigenvalue weighted by molar-refractivity contribution is -0.119. The van der Waals surface area contributed by atoms with Crippen LogP contribution in [0, 0.1) is 17.8 Å². The number of nitrogens with one attached hydrogen (secondary N) is 1. The Hall–Kier alpha value is -1.51. The molecular weight excluding hydrogens is 274 g/mol. The molecule has 0 aliphatic carbocycles. The zero-order valence-corrected chi connectivity index (χ0v) is 13.9. The van der Waals surface area contributed by atoms with E-state index < -0.39 is 0 Å². The van der Waals surface area contributed by atoms with Gasteiger partial charge in [0, 0.05) is 11.6 Å². The summed E-state index contributed by atoms with van der Waals surface area (Å²) in [6, 6.07) is 4.32. The fraction of sp³-hybridized carbons (Fsp3) is 0.632. The van der Waals surface area contributed by atoms with Crippen LogP contribution in [0.2, 0.25) is 0 Å². The molecule has 0 fully saturated rings. The van der Waals surface area contributed by atoms with E-state index in [2.05, 4.69) is 31.3 Å². The third kappa shape index (κ3) is 2.99. The van der Waals surface area contributed by atoms with E-state index in [4.69, 9.17) is 4.74 Å². The first-order valence-corrected chi connectivity index (χ1v) is 8.68. The molecule has 2 aliphatic rings. The lowest BCUT2D eigenvalue weighted by atomic mass is 9.88. The second-order valence-corrected chi connectivity index (χ2v) is 7.04. The fourth-order valence-corrected chi connectivity index (χ4v) is 3.48. The van der Waals surface area contributed by atoms with Crippen molar-refractivity contribution in [2.45, 2.75) is 52.9 Å². The van der Waals surface area contributed by atoms with Crippen LogP contribution < -0.4 is 10.1 Å². The summed E-state index contributed by atoms with van der Waals surface area (Å²) in [5, 5.41) is 3.09. The fourth-order valence-electron chi connectivity index (χ4n) is 3.48. The Kier molecular flexibility index (Phi) is 4.42. The van der Waals surface area contributed by atoms with E-state index in [0.29, 0.717) is 11.8 Å². The second-order valence-electron chi connectivity index (χ2n) is 7.04. The van der Waals surface area contributed by atoms with Crippen molar-refractivity contribution in [2.75, 3.05) is 11.9 Å². The Labute approximate surface area is 133 Å². The van der Waals surface area contributed by atoms with E-state index in [0.717, 1.165) is 37.3 Å². The molecule has 3 unspecified atom stereocenters. The number of carbonyl (C=O) groups excluding carboxylic acids is 1. The zero-order valence-electron chi connectivity index (χ0n) is 13.9. The van der Waals surface area contributed by atoms with Crippen molar-refractivity contribution in [3.05, 3.63) is 23.3 Å². The predicted octanol–water partition coefficient (Wildman–Crippen LogP) is 4.19. The van der Waals surface area contributed by atoms with Gasteiger partial charge in [-0.1, -0.05) is 27.2 Å². The summed E-state index contributed by atoms with van der Waals surface area (Å²) in [5.74, 6) is 2.60. The maximum Gasteiger partial charge on any atom is 0.227 e. The van der Waals surface area contributed by atoms with Gasteiger partial charge in [0.05, 0.1) is 6.61 Å². The van der Waals surface area contributed by atoms with Crippen LogP contribution in [0.1, 0.15) is 51.2 Å². The van der Waals surface area contributed by atoms with Crippen molar-refractivity contribution in [1.29, 1.82) is 0 Å². The van der Waals surface area contributed by atoms with Gasteiger partial charge >= 0.3 is 0 Å². The topological polar surface area (TPSA) is 38.3 Å². The number of fused-ring (bicyclic) bond motifs is 2. The first-order chi connectivity index (χ1) is 10.6. The van der Waals surface area contributed by atoms with Crippen LogP contribution in [0.5, 0.6) is 5.75 Å². The number of aryl methyl sites for hydroxylation is 2. The number of ether oxygens (including phenoxy) is 1. The summed E-state index contributed by atoms with van der Waals surface area (Å²) in [6.07, 6.45) is 5.27. The number of benzene rings is 1. The molecule has 1 aromatic rings. The smallest absolute Gasteiger partial charge is 0.227 e. The van der Waals surface area contributed by atoms with E-state index in [1.54, 1.807) is 0 Å². The van der Waals surface area contributed by atoms with Crippen molar-refractivity contribution in [3.8, 4) is 5.75 Å². The number of anilines is 1. The summed E-state index contributed by atoms with van der Waals surface area (Å²) in [7, 11) is 0. The van der Waals surface area contributed by atoms with Crippen molar-refractivity contribution in [1.82, 2.24) is 0 Å². The molecule has 2 aliphatic heterocycles. The van der Waals surface area contributed by atoms with Gasteiger partial charge in [0.15, 0.2) is 0 Å². The molecule has 3 atom stereocenters. The number of amides is 1. The third-order valence-corrected chi connectivity index (χ3v) is 5.52. The first kappa shape index (κ1) is 15.4. The predicted molar refractivity (Wildman–Crippen MR) is 89.3 cm³/mol. The number of hydrogen-bond acceptors (Lipinski definition) is 2. The van der Waals surface area contributed by atoms with Gasteiger partial charge in [-0.25, -0.2) is 0 Å². The molecule has 0 saturated heterocycles. The van der Waals surface area contributed by atoms with Gasteiger partial charge in [0.1, 0.15) is 5.75 Å².